The van der Waals surface area contributed by atoms with E-state index in [9.17, 15) is 14.7 Å². The van der Waals surface area contributed by atoms with Crippen molar-refractivity contribution in [3.05, 3.63) is 53.1 Å². The van der Waals surface area contributed by atoms with Gasteiger partial charge in [0.05, 0.1) is 27.4 Å². The van der Waals surface area contributed by atoms with Gasteiger partial charge in [0, 0.05) is 12.1 Å². The highest BCUT2D eigenvalue weighted by Gasteiger charge is 2.44. The molecular weight excluding hydrogens is 386 g/mol. The van der Waals surface area contributed by atoms with Crippen LogP contribution in [-0.2, 0) is 4.79 Å². The highest BCUT2D eigenvalue weighted by molar-refractivity contribution is 6.00. The Labute approximate surface area is 176 Å². The lowest BCUT2D eigenvalue weighted by molar-refractivity contribution is -0.140. The van der Waals surface area contributed by atoms with Gasteiger partial charge in [-0.2, -0.15) is 0 Å². The van der Waals surface area contributed by atoms with Crippen LogP contribution in [0, 0.1) is 0 Å². The van der Waals surface area contributed by atoms with Gasteiger partial charge in [-0.05, 0) is 35.7 Å². The van der Waals surface area contributed by atoms with Gasteiger partial charge in [0.1, 0.15) is 5.92 Å². The summed E-state index contributed by atoms with van der Waals surface area (Å²) in [6, 6.07) is 9.67. The monoisotopic (exact) mass is 413 g/mol. The van der Waals surface area contributed by atoms with Crippen LogP contribution in [0.25, 0.3) is 0 Å². The average molecular weight is 413 g/mol. The number of nitrogens with zero attached hydrogens (tertiary/aromatic N) is 1. The molecule has 0 saturated carbocycles. The Kier molecular flexibility index (Phi) is 6.50. The molecule has 1 aliphatic rings. The molecule has 0 radical (unpaired) electrons. The summed E-state index contributed by atoms with van der Waals surface area (Å²) >= 11 is 0. The first-order chi connectivity index (χ1) is 14.5. The zero-order valence-electron chi connectivity index (χ0n) is 17.7. The van der Waals surface area contributed by atoms with E-state index < -0.39 is 17.9 Å². The number of fused-ring (bicyclic) bond motifs is 1. The minimum atomic E-state index is -0.991. The van der Waals surface area contributed by atoms with Gasteiger partial charge in [0.15, 0.2) is 11.5 Å². The van der Waals surface area contributed by atoms with Crippen LogP contribution in [0.5, 0.6) is 17.2 Å². The first-order valence-corrected chi connectivity index (χ1v) is 9.91. The number of unbranched alkanes of at least 4 members (excludes halogenated alkanes) is 1. The molecular formula is C23H27NO6. The first-order valence-electron chi connectivity index (χ1n) is 9.91. The molecule has 0 bridgehead atoms. The van der Waals surface area contributed by atoms with Gasteiger partial charge >= 0.3 is 5.97 Å². The molecule has 7 nitrogen and oxygen atoms in total. The van der Waals surface area contributed by atoms with Crippen LogP contribution >= 0.6 is 0 Å². The van der Waals surface area contributed by atoms with Gasteiger partial charge in [0.25, 0.3) is 5.91 Å². The summed E-state index contributed by atoms with van der Waals surface area (Å²) in [6.07, 6.45) is 1.65. The summed E-state index contributed by atoms with van der Waals surface area (Å²) in [5.74, 6) is -0.835. The van der Waals surface area contributed by atoms with E-state index in [4.69, 9.17) is 14.2 Å². The smallest absolute Gasteiger partial charge is 0.313 e. The minimum Gasteiger partial charge on any atom is -0.493 e. The van der Waals surface area contributed by atoms with Crippen molar-refractivity contribution < 1.29 is 28.9 Å². The third-order valence-corrected chi connectivity index (χ3v) is 5.49. The average Bonchev–Trinajstić information content (AvgIpc) is 2.76. The van der Waals surface area contributed by atoms with E-state index in [0.29, 0.717) is 40.5 Å². The Morgan fingerprint density at radius 3 is 2.23 bits per heavy atom. The molecule has 1 amide bonds. The van der Waals surface area contributed by atoms with E-state index in [1.165, 1.54) is 21.3 Å². The summed E-state index contributed by atoms with van der Waals surface area (Å²) in [7, 11) is 4.52. The molecule has 0 aliphatic carbocycles. The van der Waals surface area contributed by atoms with E-state index in [-0.39, 0.29) is 5.91 Å². The summed E-state index contributed by atoms with van der Waals surface area (Å²) < 4.78 is 16.3. The normalized spacial score (nSPS) is 18.0. The number of carboxylic acids is 1. The quantitative estimate of drug-likeness (QED) is 0.707. The largest absolute Gasteiger partial charge is 0.493 e. The topological polar surface area (TPSA) is 85.3 Å². The van der Waals surface area contributed by atoms with Crippen molar-refractivity contribution in [2.75, 3.05) is 27.9 Å². The molecule has 2 aromatic carbocycles. The highest BCUT2D eigenvalue weighted by Crippen LogP contribution is 2.47. The van der Waals surface area contributed by atoms with Gasteiger partial charge in [-0.15, -0.1) is 0 Å². The molecule has 0 aromatic heterocycles. The standard InChI is InChI=1S/C23H27NO6/c1-5-6-11-24-20(14-12-17(28-2)21(30-4)18(13-14)29-3)19(23(26)27)15-9-7-8-10-16(15)22(24)25/h7-10,12-13,19-20H,5-6,11H2,1-4H3,(H,26,27). The molecule has 1 aliphatic heterocycles. The number of amides is 1. The van der Waals surface area contributed by atoms with E-state index in [2.05, 4.69) is 0 Å². The Bertz CT molecular complexity index is 916. The van der Waals surface area contributed by atoms with Crippen molar-refractivity contribution in [2.24, 2.45) is 0 Å². The van der Waals surface area contributed by atoms with Crippen molar-refractivity contribution in [2.45, 2.75) is 31.7 Å². The maximum atomic E-state index is 13.4. The summed E-state index contributed by atoms with van der Waals surface area (Å²) in [5, 5.41) is 10.2. The van der Waals surface area contributed by atoms with Crippen molar-refractivity contribution in [3.63, 3.8) is 0 Å². The fourth-order valence-corrected chi connectivity index (χ4v) is 4.08. The molecule has 3 rings (SSSR count). The number of carbonyl (C=O) groups excluding carboxylic acids is 1. The van der Waals surface area contributed by atoms with E-state index >= 15 is 0 Å². The Balaban J connectivity index is 2.25. The zero-order chi connectivity index (χ0) is 21.8. The second kappa shape index (κ2) is 9.07. The molecule has 30 heavy (non-hydrogen) atoms. The number of carboxylic acid groups (broad SMARTS) is 1. The lowest BCUT2D eigenvalue weighted by Gasteiger charge is -2.41. The van der Waals surface area contributed by atoms with E-state index in [1.807, 2.05) is 6.92 Å². The molecule has 160 valence electrons. The number of carbonyl (C=O) groups is 2. The lowest BCUT2D eigenvalue weighted by atomic mass is 9.79. The molecule has 2 atom stereocenters. The molecule has 0 spiro atoms. The SMILES string of the molecule is CCCCN1C(=O)c2ccccc2C(C(=O)O)C1c1cc(OC)c(OC)c(OC)c1. The molecule has 2 unspecified atom stereocenters. The Morgan fingerprint density at radius 2 is 1.70 bits per heavy atom. The predicted molar refractivity (Wildman–Crippen MR) is 112 cm³/mol. The fourth-order valence-electron chi connectivity index (χ4n) is 4.08. The lowest BCUT2D eigenvalue weighted by Crippen LogP contribution is -2.45. The molecule has 0 saturated heterocycles. The molecule has 0 fully saturated rings. The van der Waals surface area contributed by atoms with Crippen LogP contribution < -0.4 is 14.2 Å². The molecule has 2 aromatic rings. The van der Waals surface area contributed by atoms with Crippen LogP contribution in [0.4, 0.5) is 0 Å². The Hall–Kier alpha value is -3.22. The van der Waals surface area contributed by atoms with E-state index in [1.54, 1.807) is 41.3 Å². The predicted octanol–water partition coefficient (Wildman–Crippen LogP) is 3.88. The number of hydrogen-bond acceptors (Lipinski definition) is 5. The number of methoxy groups -OCH3 is 3. The number of rotatable bonds is 8. The van der Waals surface area contributed by atoms with Gasteiger partial charge < -0.3 is 24.2 Å². The fraction of sp³-hybridized carbons (Fsp3) is 0.391. The second-order valence-corrected chi connectivity index (χ2v) is 7.16. The summed E-state index contributed by atoms with van der Waals surface area (Å²) in [4.78, 5) is 27.4. The van der Waals surface area contributed by atoms with Gasteiger partial charge in [-0.3, -0.25) is 9.59 Å². The first kappa shape index (κ1) is 21.5. The van der Waals surface area contributed by atoms with Crippen LogP contribution in [-0.4, -0.2) is 49.8 Å². The maximum absolute atomic E-state index is 13.4. The van der Waals surface area contributed by atoms with Crippen molar-refractivity contribution in [1.29, 1.82) is 0 Å². The molecule has 1 heterocycles. The third-order valence-electron chi connectivity index (χ3n) is 5.49. The molecule has 7 heteroatoms. The summed E-state index contributed by atoms with van der Waals surface area (Å²) in [6.45, 7) is 2.49. The number of benzene rings is 2. The number of ether oxygens (including phenoxy) is 3. The maximum Gasteiger partial charge on any atom is 0.313 e. The van der Waals surface area contributed by atoms with Crippen molar-refractivity contribution in [3.8, 4) is 17.2 Å². The minimum absolute atomic E-state index is 0.171. The number of aliphatic carboxylic acids is 1. The van der Waals surface area contributed by atoms with Gasteiger partial charge in [-0.1, -0.05) is 31.5 Å². The molecule has 1 N–H and O–H groups in total. The Morgan fingerprint density at radius 1 is 1.07 bits per heavy atom. The van der Waals surface area contributed by atoms with Gasteiger partial charge in [0.2, 0.25) is 5.75 Å². The van der Waals surface area contributed by atoms with Gasteiger partial charge in [-0.25, -0.2) is 0 Å². The highest BCUT2D eigenvalue weighted by atomic mass is 16.5. The van der Waals surface area contributed by atoms with Crippen LogP contribution in [0.2, 0.25) is 0 Å². The zero-order valence-corrected chi connectivity index (χ0v) is 17.7. The van der Waals surface area contributed by atoms with E-state index in [0.717, 1.165) is 12.8 Å². The van der Waals surface area contributed by atoms with Crippen molar-refractivity contribution >= 4 is 11.9 Å². The van der Waals surface area contributed by atoms with Crippen molar-refractivity contribution in [1.82, 2.24) is 4.90 Å². The number of hydrogen-bond donors (Lipinski definition) is 1. The summed E-state index contributed by atoms with van der Waals surface area (Å²) in [5.41, 5.74) is 1.57. The third kappa shape index (κ3) is 3.67. The second-order valence-electron chi connectivity index (χ2n) is 7.16. The van der Waals surface area contributed by atoms with Crippen LogP contribution in [0.3, 0.4) is 0 Å². The van der Waals surface area contributed by atoms with Crippen LogP contribution in [0.15, 0.2) is 36.4 Å². The van der Waals surface area contributed by atoms with Crippen LogP contribution in [0.1, 0.15) is 53.2 Å².